The van der Waals surface area contributed by atoms with E-state index in [1.807, 2.05) is 18.7 Å². The number of nitrogens with one attached hydrogen (secondary N) is 2. The highest BCUT2D eigenvalue weighted by Gasteiger charge is 2.24. The van der Waals surface area contributed by atoms with E-state index in [2.05, 4.69) is 30.8 Å². The first-order chi connectivity index (χ1) is 14.0. The Morgan fingerprint density at radius 1 is 1.17 bits per heavy atom. The molecule has 2 aromatic heterocycles. The topological polar surface area (TPSA) is 101 Å². The molecule has 150 valence electrons. The van der Waals surface area contributed by atoms with Gasteiger partial charge in [-0.2, -0.15) is 0 Å². The maximum absolute atomic E-state index is 13.2. The fourth-order valence-corrected chi connectivity index (χ4v) is 3.23. The van der Waals surface area contributed by atoms with Crippen molar-refractivity contribution >= 4 is 17.7 Å². The number of aromatic nitrogens is 5. The molecule has 2 N–H and O–H groups in total. The zero-order valence-corrected chi connectivity index (χ0v) is 16.1. The van der Waals surface area contributed by atoms with Crippen LogP contribution in [0.2, 0.25) is 0 Å². The van der Waals surface area contributed by atoms with Crippen LogP contribution in [0.1, 0.15) is 12.2 Å². The molecule has 0 fully saturated rings. The summed E-state index contributed by atoms with van der Waals surface area (Å²) < 4.78 is 15.2. The maximum Gasteiger partial charge on any atom is 0.319 e. The molecule has 4 rings (SSSR count). The second-order valence-corrected chi connectivity index (χ2v) is 7.06. The minimum absolute atomic E-state index is 0.0836. The van der Waals surface area contributed by atoms with Gasteiger partial charge >= 0.3 is 6.03 Å². The number of amides is 2. The van der Waals surface area contributed by atoms with Crippen LogP contribution in [0.5, 0.6) is 0 Å². The van der Waals surface area contributed by atoms with Crippen LogP contribution in [0.4, 0.5) is 20.8 Å². The fraction of sp³-hybridized carbons (Fsp3) is 0.316. The van der Waals surface area contributed by atoms with Crippen LogP contribution in [-0.2, 0) is 13.0 Å². The van der Waals surface area contributed by atoms with Crippen LogP contribution in [-0.4, -0.2) is 50.9 Å². The van der Waals surface area contributed by atoms with E-state index in [1.54, 1.807) is 29.4 Å². The molecule has 9 nitrogen and oxygen atoms in total. The van der Waals surface area contributed by atoms with E-state index in [1.165, 1.54) is 12.1 Å². The predicted octanol–water partition coefficient (Wildman–Crippen LogP) is 2.08. The molecular formula is C19H21FN8O. The number of halogens is 1. The van der Waals surface area contributed by atoms with Gasteiger partial charge in [-0.05, 0) is 30.7 Å². The molecule has 1 atom stereocenters. The molecule has 0 bridgehead atoms. The van der Waals surface area contributed by atoms with Gasteiger partial charge in [-0.3, -0.25) is 0 Å². The summed E-state index contributed by atoms with van der Waals surface area (Å²) in [5.74, 6) is 1.79. The molecule has 0 saturated heterocycles. The van der Waals surface area contributed by atoms with Gasteiger partial charge in [-0.1, -0.05) is 0 Å². The summed E-state index contributed by atoms with van der Waals surface area (Å²) in [6.45, 7) is 0.540. The van der Waals surface area contributed by atoms with E-state index >= 15 is 0 Å². The Morgan fingerprint density at radius 2 is 1.90 bits per heavy atom. The zero-order chi connectivity index (χ0) is 20.4. The number of rotatable bonds is 4. The molecule has 3 heterocycles. The van der Waals surface area contributed by atoms with Crippen molar-refractivity contribution in [1.82, 2.24) is 30.0 Å². The Kier molecular flexibility index (Phi) is 5.07. The molecule has 0 unspecified atom stereocenters. The molecule has 3 aromatic rings. The van der Waals surface area contributed by atoms with Gasteiger partial charge in [0.05, 0.1) is 18.1 Å². The molecule has 29 heavy (non-hydrogen) atoms. The highest BCUT2D eigenvalue weighted by molar-refractivity contribution is 5.89. The molecule has 0 spiro atoms. The third kappa shape index (κ3) is 4.15. The standard InChI is InChI=1S/C19H21FN8O/c1-27(2)18-21-9-15(10-22-18)24-19(29)23-14-7-8-16-25-26-17(28(16)11-14)12-3-5-13(20)6-4-12/h3-6,9-10,14H,7-8,11H2,1-2H3,(H2,23,24,29)/t14-/m0/s1. The minimum atomic E-state index is -0.323. The molecule has 2 amide bonds. The largest absolute Gasteiger partial charge is 0.347 e. The molecule has 0 radical (unpaired) electrons. The van der Waals surface area contributed by atoms with E-state index in [4.69, 9.17) is 0 Å². The number of fused-ring (bicyclic) bond motifs is 1. The summed E-state index contributed by atoms with van der Waals surface area (Å²) in [5, 5.41) is 14.2. The lowest BCUT2D eigenvalue weighted by atomic mass is 10.1. The highest BCUT2D eigenvalue weighted by atomic mass is 19.1. The van der Waals surface area contributed by atoms with Crippen LogP contribution in [0.25, 0.3) is 11.4 Å². The number of nitrogens with zero attached hydrogens (tertiary/aromatic N) is 6. The molecule has 1 aliphatic heterocycles. The van der Waals surface area contributed by atoms with Crippen molar-refractivity contribution in [2.45, 2.75) is 25.4 Å². The monoisotopic (exact) mass is 396 g/mol. The third-order valence-corrected chi connectivity index (χ3v) is 4.68. The van der Waals surface area contributed by atoms with Crippen molar-refractivity contribution in [2.75, 3.05) is 24.3 Å². The molecular weight excluding hydrogens is 375 g/mol. The Balaban J connectivity index is 1.41. The number of hydrogen-bond donors (Lipinski definition) is 2. The van der Waals surface area contributed by atoms with Crippen LogP contribution < -0.4 is 15.5 Å². The van der Waals surface area contributed by atoms with Crippen molar-refractivity contribution in [1.29, 1.82) is 0 Å². The summed E-state index contributed by atoms with van der Waals surface area (Å²) in [6, 6.07) is 5.73. The second kappa shape index (κ2) is 7.82. The van der Waals surface area contributed by atoms with Gasteiger partial charge in [-0.25, -0.2) is 19.2 Å². The molecule has 1 aliphatic rings. The second-order valence-electron chi connectivity index (χ2n) is 7.06. The number of carbonyl (C=O) groups excluding carboxylic acids is 1. The quantitative estimate of drug-likeness (QED) is 0.700. The van der Waals surface area contributed by atoms with Crippen LogP contribution in [0, 0.1) is 5.82 Å². The number of anilines is 2. The lowest BCUT2D eigenvalue weighted by molar-refractivity contribution is 0.244. The molecule has 0 saturated carbocycles. The van der Waals surface area contributed by atoms with Crippen molar-refractivity contribution < 1.29 is 9.18 Å². The highest BCUT2D eigenvalue weighted by Crippen LogP contribution is 2.23. The fourth-order valence-electron chi connectivity index (χ4n) is 3.23. The number of carbonyl (C=O) groups is 1. The molecule has 10 heteroatoms. The molecule has 0 aliphatic carbocycles. The summed E-state index contributed by atoms with van der Waals surface area (Å²) in [4.78, 5) is 22.5. The van der Waals surface area contributed by atoms with Gasteiger partial charge in [0.2, 0.25) is 5.95 Å². The summed E-state index contributed by atoms with van der Waals surface area (Å²) in [7, 11) is 3.69. The minimum Gasteiger partial charge on any atom is -0.347 e. The summed E-state index contributed by atoms with van der Waals surface area (Å²) in [5.41, 5.74) is 1.30. The van der Waals surface area contributed by atoms with Crippen molar-refractivity contribution in [2.24, 2.45) is 0 Å². The first-order valence-corrected chi connectivity index (χ1v) is 9.24. The van der Waals surface area contributed by atoms with Gasteiger partial charge in [0.25, 0.3) is 0 Å². The molecule has 1 aromatic carbocycles. The van der Waals surface area contributed by atoms with Gasteiger partial charge in [0, 0.05) is 38.7 Å². The number of aryl methyl sites for hydroxylation is 1. The Bertz CT molecular complexity index is 1000. The lowest BCUT2D eigenvalue weighted by Crippen LogP contribution is -2.43. The summed E-state index contributed by atoms with van der Waals surface area (Å²) in [6.07, 6.45) is 4.57. The van der Waals surface area contributed by atoms with Crippen LogP contribution in [0.15, 0.2) is 36.7 Å². The zero-order valence-electron chi connectivity index (χ0n) is 16.1. The Morgan fingerprint density at radius 3 is 2.59 bits per heavy atom. The van der Waals surface area contributed by atoms with Gasteiger partial charge in [-0.15, -0.1) is 10.2 Å². The van der Waals surface area contributed by atoms with E-state index in [0.717, 1.165) is 17.8 Å². The lowest BCUT2D eigenvalue weighted by Gasteiger charge is -2.25. The van der Waals surface area contributed by atoms with E-state index in [-0.39, 0.29) is 17.9 Å². The van der Waals surface area contributed by atoms with Crippen molar-refractivity contribution in [3.63, 3.8) is 0 Å². The van der Waals surface area contributed by atoms with E-state index in [0.29, 0.717) is 30.4 Å². The Hall–Kier alpha value is -3.56. The Labute approximate surface area is 167 Å². The third-order valence-electron chi connectivity index (χ3n) is 4.68. The van der Waals surface area contributed by atoms with E-state index < -0.39 is 0 Å². The number of benzene rings is 1. The average molecular weight is 396 g/mol. The first kappa shape index (κ1) is 18.8. The predicted molar refractivity (Wildman–Crippen MR) is 106 cm³/mol. The number of hydrogen-bond acceptors (Lipinski definition) is 6. The van der Waals surface area contributed by atoms with Crippen LogP contribution >= 0.6 is 0 Å². The smallest absolute Gasteiger partial charge is 0.319 e. The van der Waals surface area contributed by atoms with Gasteiger partial charge in [0.15, 0.2) is 5.82 Å². The van der Waals surface area contributed by atoms with Crippen molar-refractivity contribution in [3.8, 4) is 11.4 Å². The van der Waals surface area contributed by atoms with Gasteiger partial charge in [0.1, 0.15) is 11.6 Å². The summed E-state index contributed by atoms with van der Waals surface area (Å²) >= 11 is 0. The normalized spacial score (nSPS) is 15.5. The SMILES string of the molecule is CN(C)c1ncc(NC(=O)N[C@H]2CCc3nnc(-c4ccc(F)cc4)n3C2)cn1. The van der Waals surface area contributed by atoms with Crippen molar-refractivity contribution in [3.05, 3.63) is 48.3 Å². The maximum atomic E-state index is 13.2. The van der Waals surface area contributed by atoms with Crippen LogP contribution in [0.3, 0.4) is 0 Å². The van der Waals surface area contributed by atoms with Gasteiger partial charge < -0.3 is 20.1 Å². The van der Waals surface area contributed by atoms with E-state index in [9.17, 15) is 9.18 Å². The average Bonchev–Trinajstić information content (AvgIpc) is 3.12. The first-order valence-electron chi connectivity index (χ1n) is 9.24. The number of urea groups is 1.